The SMILES string of the molecule is CN(c1ccc(-c2ccccc2)cc1NC(=O)c1cccc(O)c1)S(C)(=O)=O. The lowest BCUT2D eigenvalue weighted by atomic mass is 10.0. The van der Waals surface area contributed by atoms with Gasteiger partial charge in [0.15, 0.2) is 0 Å². The number of carbonyl (C=O) groups excluding carboxylic acids is 1. The summed E-state index contributed by atoms with van der Waals surface area (Å²) < 4.78 is 25.1. The monoisotopic (exact) mass is 396 g/mol. The van der Waals surface area contributed by atoms with E-state index in [1.54, 1.807) is 30.3 Å². The minimum atomic E-state index is -3.52. The van der Waals surface area contributed by atoms with Crippen molar-refractivity contribution in [3.63, 3.8) is 0 Å². The summed E-state index contributed by atoms with van der Waals surface area (Å²) in [7, 11) is -2.09. The number of hydrogen-bond acceptors (Lipinski definition) is 4. The summed E-state index contributed by atoms with van der Waals surface area (Å²) in [5.41, 5.74) is 2.72. The van der Waals surface area contributed by atoms with E-state index in [1.165, 1.54) is 19.2 Å². The molecular weight excluding hydrogens is 376 g/mol. The van der Waals surface area contributed by atoms with Crippen molar-refractivity contribution in [3.05, 3.63) is 78.4 Å². The summed E-state index contributed by atoms with van der Waals surface area (Å²) in [5.74, 6) is -0.483. The predicted molar refractivity (Wildman–Crippen MR) is 111 cm³/mol. The second kappa shape index (κ2) is 7.74. The molecule has 0 bridgehead atoms. The second-order valence-corrected chi connectivity index (χ2v) is 8.35. The van der Waals surface area contributed by atoms with Crippen molar-refractivity contribution >= 4 is 27.3 Å². The van der Waals surface area contributed by atoms with Crippen LogP contribution in [-0.2, 0) is 10.0 Å². The van der Waals surface area contributed by atoms with Crippen molar-refractivity contribution in [3.8, 4) is 16.9 Å². The zero-order chi connectivity index (χ0) is 20.3. The molecule has 0 atom stereocenters. The molecule has 28 heavy (non-hydrogen) atoms. The van der Waals surface area contributed by atoms with Crippen molar-refractivity contribution in [2.75, 3.05) is 22.9 Å². The maximum absolute atomic E-state index is 12.6. The van der Waals surface area contributed by atoms with E-state index in [9.17, 15) is 18.3 Å². The first-order valence-corrected chi connectivity index (χ1v) is 10.3. The number of hydrogen-bond donors (Lipinski definition) is 2. The Morgan fingerprint density at radius 3 is 2.29 bits per heavy atom. The maximum Gasteiger partial charge on any atom is 0.255 e. The summed E-state index contributed by atoms with van der Waals surface area (Å²) in [6, 6.07) is 20.7. The van der Waals surface area contributed by atoms with Gasteiger partial charge in [-0.15, -0.1) is 0 Å². The molecule has 0 saturated carbocycles. The zero-order valence-electron chi connectivity index (χ0n) is 15.5. The second-order valence-electron chi connectivity index (χ2n) is 6.33. The van der Waals surface area contributed by atoms with Gasteiger partial charge < -0.3 is 10.4 Å². The predicted octanol–water partition coefficient (Wildman–Crippen LogP) is 3.71. The molecule has 0 aromatic heterocycles. The molecule has 3 aromatic carbocycles. The van der Waals surface area contributed by atoms with Gasteiger partial charge in [-0.25, -0.2) is 8.42 Å². The molecule has 0 heterocycles. The number of carbonyl (C=O) groups is 1. The Hall–Kier alpha value is -3.32. The fraction of sp³-hybridized carbons (Fsp3) is 0.0952. The third-order valence-corrected chi connectivity index (χ3v) is 5.49. The van der Waals surface area contributed by atoms with Gasteiger partial charge in [0, 0.05) is 12.6 Å². The Morgan fingerprint density at radius 2 is 1.64 bits per heavy atom. The first-order valence-electron chi connectivity index (χ1n) is 8.49. The van der Waals surface area contributed by atoms with Gasteiger partial charge in [0.2, 0.25) is 10.0 Å². The van der Waals surface area contributed by atoms with E-state index in [1.807, 2.05) is 30.3 Å². The fourth-order valence-corrected chi connectivity index (χ4v) is 3.26. The number of anilines is 2. The van der Waals surface area contributed by atoms with Crippen LogP contribution in [0, 0.1) is 0 Å². The number of phenolic OH excluding ortho intramolecular Hbond substituents is 1. The van der Waals surface area contributed by atoms with Crippen LogP contribution in [0.3, 0.4) is 0 Å². The van der Waals surface area contributed by atoms with Gasteiger partial charge >= 0.3 is 0 Å². The first-order chi connectivity index (χ1) is 13.3. The fourth-order valence-electron chi connectivity index (χ4n) is 2.74. The summed E-state index contributed by atoms with van der Waals surface area (Å²) in [5, 5.41) is 12.4. The van der Waals surface area contributed by atoms with Crippen LogP contribution < -0.4 is 9.62 Å². The number of nitrogens with zero attached hydrogens (tertiary/aromatic N) is 1. The highest BCUT2D eigenvalue weighted by molar-refractivity contribution is 7.92. The van der Waals surface area contributed by atoms with E-state index in [-0.39, 0.29) is 11.3 Å². The summed E-state index contributed by atoms with van der Waals surface area (Å²) in [4.78, 5) is 12.6. The number of nitrogens with one attached hydrogen (secondary N) is 1. The molecule has 0 aliphatic rings. The summed E-state index contributed by atoms with van der Waals surface area (Å²) in [6.07, 6.45) is 1.10. The molecule has 0 saturated heterocycles. The lowest BCUT2D eigenvalue weighted by molar-refractivity contribution is 0.102. The zero-order valence-corrected chi connectivity index (χ0v) is 16.3. The van der Waals surface area contributed by atoms with Gasteiger partial charge in [0.1, 0.15) is 5.75 Å². The topological polar surface area (TPSA) is 86.7 Å². The summed E-state index contributed by atoms with van der Waals surface area (Å²) in [6.45, 7) is 0. The number of phenols is 1. The smallest absolute Gasteiger partial charge is 0.255 e. The van der Waals surface area contributed by atoms with E-state index in [0.717, 1.165) is 21.7 Å². The van der Waals surface area contributed by atoms with Crippen molar-refractivity contribution in [2.45, 2.75) is 0 Å². The van der Waals surface area contributed by atoms with E-state index in [0.29, 0.717) is 11.4 Å². The van der Waals surface area contributed by atoms with Crippen LogP contribution in [0.5, 0.6) is 5.75 Å². The Bertz CT molecular complexity index is 1110. The van der Waals surface area contributed by atoms with E-state index < -0.39 is 15.9 Å². The van der Waals surface area contributed by atoms with Crippen LogP contribution in [0.4, 0.5) is 11.4 Å². The minimum Gasteiger partial charge on any atom is -0.508 e. The third-order valence-electron chi connectivity index (χ3n) is 4.30. The largest absolute Gasteiger partial charge is 0.508 e. The molecule has 0 aliphatic carbocycles. The Kier molecular flexibility index (Phi) is 5.37. The number of aromatic hydroxyl groups is 1. The van der Waals surface area contributed by atoms with Crippen LogP contribution >= 0.6 is 0 Å². The molecule has 6 nitrogen and oxygen atoms in total. The molecule has 0 fully saturated rings. The molecule has 1 amide bonds. The molecule has 2 N–H and O–H groups in total. The molecule has 144 valence electrons. The molecule has 0 radical (unpaired) electrons. The summed E-state index contributed by atoms with van der Waals surface area (Å²) >= 11 is 0. The van der Waals surface area contributed by atoms with E-state index in [4.69, 9.17) is 0 Å². The highest BCUT2D eigenvalue weighted by Gasteiger charge is 2.18. The van der Waals surface area contributed by atoms with Gasteiger partial charge in [0.25, 0.3) is 5.91 Å². The highest BCUT2D eigenvalue weighted by atomic mass is 32.2. The Morgan fingerprint density at radius 1 is 0.929 bits per heavy atom. The lowest BCUT2D eigenvalue weighted by Crippen LogP contribution is -2.26. The van der Waals surface area contributed by atoms with Gasteiger partial charge in [-0.05, 0) is 41.5 Å². The van der Waals surface area contributed by atoms with Crippen LogP contribution in [0.1, 0.15) is 10.4 Å². The van der Waals surface area contributed by atoms with Crippen LogP contribution in [0.2, 0.25) is 0 Å². The first kappa shape index (κ1) is 19.4. The lowest BCUT2D eigenvalue weighted by Gasteiger charge is -2.21. The average molecular weight is 396 g/mol. The van der Waals surface area contributed by atoms with Gasteiger partial charge in [-0.3, -0.25) is 9.10 Å². The molecule has 0 aliphatic heterocycles. The van der Waals surface area contributed by atoms with Crippen molar-refractivity contribution in [1.82, 2.24) is 0 Å². The molecule has 3 rings (SSSR count). The van der Waals surface area contributed by atoms with Gasteiger partial charge in [-0.1, -0.05) is 42.5 Å². The van der Waals surface area contributed by atoms with Crippen LogP contribution in [0.15, 0.2) is 72.8 Å². The third kappa shape index (κ3) is 4.32. The Balaban J connectivity index is 2.05. The normalized spacial score (nSPS) is 11.1. The van der Waals surface area contributed by atoms with Crippen molar-refractivity contribution < 1.29 is 18.3 Å². The number of benzene rings is 3. The quantitative estimate of drug-likeness (QED) is 0.688. The molecule has 0 spiro atoms. The van der Waals surface area contributed by atoms with Crippen molar-refractivity contribution in [1.29, 1.82) is 0 Å². The molecule has 3 aromatic rings. The van der Waals surface area contributed by atoms with E-state index in [2.05, 4.69) is 5.32 Å². The standard InChI is InChI=1S/C21H20N2O4S/c1-23(28(2,26)27)20-12-11-16(15-7-4-3-5-8-15)14-19(20)22-21(25)17-9-6-10-18(24)13-17/h3-14,24H,1-2H3,(H,22,25). The number of amides is 1. The van der Waals surface area contributed by atoms with Crippen molar-refractivity contribution in [2.24, 2.45) is 0 Å². The molecule has 0 unspecified atom stereocenters. The number of sulfonamides is 1. The number of rotatable bonds is 5. The minimum absolute atomic E-state index is 0.0286. The molecule has 7 heteroatoms. The molecular formula is C21H20N2O4S. The average Bonchev–Trinajstić information content (AvgIpc) is 2.67. The highest BCUT2D eigenvalue weighted by Crippen LogP contribution is 2.32. The van der Waals surface area contributed by atoms with Gasteiger partial charge in [0.05, 0.1) is 17.6 Å². The maximum atomic E-state index is 12.6. The van der Waals surface area contributed by atoms with Gasteiger partial charge in [-0.2, -0.15) is 0 Å². The Labute approximate surface area is 164 Å². The van der Waals surface area contributed by atoms with Crippen LogP contribution in [0.25, 0.3) is 11.1 Å². The van der Waals surface area contributed by atoms with E-state index >= 15 is 0 Å². The van der Waals surface area contributed by atoms with Crippen LogP contribution in [-0.4, -0.2) is 32.7 Å².